The van der Waals surface area contributed by atoms with Gasteiger partial charge in [-0.05, 0) is 645 Å². The number of halogens is 1. The van der Waals surface area contributed by atoms with E-state index in [2.05, 4.69) is 91.2 Å². The number of Topliss-reactive ketones (excluding diaryl/α,β-unsaturated/α-hetero) is 3. The summed E-state index contributed by atoms with van der Waals surface area (Å²) in [6.45, 7) is 37.1. The van der Waals surface area contributed by atoms with Gasteiger partial charge in [0.25, 0.3) is 0 Å². The fourth-order valence-corrected chi connectivity index (χ4v) is 46.8. The fraction of sp³-hybridized carbons (Fsp3) is 0.960. The van der Waals surface area contributed by atoms with Crippen molar-refractivity contribution in [2.45, 2.75) is 510 Å². The molecule has 24 aliphatic rings. The van der Waals surface area contributed by atoms with E-state index < -0.39 is 28.0 Å². The lowest BCUT2D eigenvalue weighted by Crippen LogP contribution is -2.51. The summed E-state index contributed by atoms with van der Waals surface area (Å²) in [5, 5.41) is 83.9. The van der Waals surface area contributed by atoms with E-state index in [1.54, 1.807) is 5.57 Å². The number of fused-ring (bicyclic) bond motifs is 30. The summed E-state index contributed by atoms with van der Waals surface area (Å²) in [5.41, 5.74) is 1.51. The summed E-state index contributed by atoms with van der Waals surface area (Å²) in [6.07, 6.45) is 69.5. The molecule has 0 aromatic rings. The molecule has 784 valence electrons. The van der Waals surface area contributed by atoms with Gasteiger partial charge in [-0.3, -0.25) is 14.4 Å². The van der Waals surface area contributed by atoms with Gasteiger partial charge in [0.1, 0.15) is 17.3 Å². The van der Waals surface area contributed by atoms with E-state index in [9.17, 15) is 55.2 Å². The van der Waals surface area contributed by atoms with Crippen LogP contribution in [0.15, 0.2) is 11.6 Å². The predicted molar refractivity (Wildman–Crippen MR) is 561 cm³/mol. The molecule has 24 rings (SSSR count). The van der Waals surface area contributed by atoms with Gasteiger partial charge in [-0.2, -0.15) is 0 Å². The molecule has 0 aromatic carbocycles. The maximum absolute atomic E-state index is 12.5. The average molecular weight is 1980 g/mol. The summed E-state index contributed by atoms with van der Waals surface area (Å²) in [5.74, 6) is 29.0. The highest BCUT2D eigenvalue weighted by Crippen LogP contribution is 2.73. The van der Waals surface area contributed by atoms with E-state index >= 15 is 0 Å². The second kappa shape index (κ2) is 39.6. The quantitative estimate of drug-likeness (QED) is 0.0925. The van der Waals surface area contributed by atoms with E-state index in [4.69, 9.17) is 0 Å². The number of carbonyl (C=O) groups excluding carboxylic acids is 3. The van der Waals surface area contributed by atoms with Gasteiger partial charge in [0.05, 0.1) is 51.1 Å². The first kappa shape index (κ1) is 105. The molecule has 24 saturated carbocycles. The Bertz CT molecular complexity index is 4090. The molecule has 0 aliphatic heterocycles. The van der Waals surface area contributed by atoms with E-state index in [-0.39, 0.29) is 23.2 Å². The Morgan fingerprint density at radius 1 is 0.275 bits per heavy atom. The van der Waals surface area contributed by atoms with Crippen LogP contribution >= 0.6 is 15.9 Å². The smallest absolute Gasteiger partial charge is 0.147 e. The molecule has 0 amide bonds. The highest BCUT2D eigenvalue weighted by molar-refractivity contribution is 9.09. The summed E-state index contributed by atoms with van der Waals surface area (Å²) < 4.78 is 0. The Balaban J connectivity index is 0.000000106. The molecule has 0 aromatic heterocycles. The van der Waals surface area contributed by atoms with Gasteiger partial charge >= 0.3 is 0 Å². The number of ketones is 3. The lowest BCUT2D eigenvalue weighted by Gasteiger charge is -2.57. The third kappa shape index (κ3) is 19.4. The highest BCUT2D eigenvalue weighted by Gasteiger charge is 2.67. The molecule has 11 nitrogen and oxygen atoms in total. The molecular weight excluding hydrogens is 1770 g/mol. The number of aliphatic hydroxyl groups is 8. The largest absolute Gasteiger partial charge is 0.393 e. The van der Waals surface area contributed by atoms with Crippen LogP contribution in [0, 0.1) is 240 Å². The van der Waals surface area contributed by atoms with E-state index in [1.165, 1.54) is 250 Å². The van der Waals surface area contributed by atoms with Crippen LogP contribution in [0.2, 0.25) is 0 Å². The van der Waals surface area contributed by atoms with E-state index in [1.807, 2.05) is 48.5 Å². The van der Waals surface area contributed by atoms with Crippen LogP contribution in [-0.2, 0) is 14.4 Å². The first-order valence-corrected chi connectivity index (χ1v) is 61.6. The number of hydrogen-bond donors (Lipinski definition) is 8. The maximum Gasteiger partial charge on any atom is 0.147 e. The van der Waals surface area contributed by atoms with Crippen LogP contribution in [0.1, 0.15) is 464 Å². The van der Waals surface area contributed by atoms with Crippen LogP contribution in [0.5, 0.6) is 0 Å². The Morgan fingerprint density at radius 3 is 0.754 bits per heavy atom. The van der Waals surface area contributed by atoms with Crippen molar-refractivity contribution in [2.75, 3.05) is 5.33 Å². The zero-order chi connectivity index (χ0) is 98.3. The van der Waals surface area contributed by atoms with Gasteiger partial charge in [0, 0.05) is 17.8 Å². The summed E-state index contributed by atoms with van der Waals surface area (Å²) >= 11 is 3.42. The molecule has 24 fully saturated rings. The van der Waals surface area contributed by atoms with Gasteiger partial charge in [0.2, 0.25) is 0 Å². The summed E-state index contributed by atoms with van der Waals surface area (Å²) in [4.78, 5) is 36.7. The zero-order valence-electron chi connectivity index (χ0n) is 91.0. The van der Waals surface area contributed by atoms with Crippen molar-refractivity contribution < 1.29 is 55.2 Å². The van der Waals surface area contributed by atoms with Crippen LogP contribution in [0.3, 0.4) is 0 Å². The molecule has 0 heterocycles. The van der Waals surface area contributed by atoms with Gasteiger partial charge in [0.15, 0.2) is 0 Å². The second-order valence-corrected chi connectivity index (χ2v) is 60.2. The lowest BCUT2D eigenvalue weighted by atomic mass is 9.49. The van der Waals surface area contributed by atoms with E-state index in [0.717, 1.165) is 274 Å². The molecule has 2 unspecified atom stereocenters. The third-order valence-electron chi connectivity index (χ3n) is 52.4. The van der Waals surface area contributed by atoms with Gasteiger partial charge < -0.3 is 40.9 Å². The van der Waals surface area contributed by atoms with Crippen LogP contribution in [0.25, 0.3) is 0 Å². The summed E-state index contributed by atoms with van der Waals surface area (Å²) in [7, 11) is 0. The second-order valence-electron chi connectivity index (χ2n) is 59.6. The number of rotatable bonds is 6. The normalized spacial score (nSPS) is 56.0. The molecule has 8 N–H and O–H groups in total. The maximum atomic E-state index is 12.5. The van der Waals surface area contributed by atoms with Crippen molar-refractivity contribution in [3.8, 4) is 0 Å². The minimum atomic E-state index is -0.419. The van der Waals surface area contributed by atoms with E-state index in [0.29, 0.717) is 79.3 Å². The molecule has 0 radical (unpaired) electrons. The number of alkyl halides is 1. The van der Waals surface area contributed by atoms with Gasteiger partial charge in [-0.1, -0.05) is 69.1 Å². The van der Waals surface area contributed by atoms with Crippen molar-refractivity contribution in [1.82, 2.24) is 0 Å². The molecule has 0 bridgehead atoms. The molecule has 12 heteroatoms. The molecule has 0 spiro atoms. The van der Waals surface area contributed by atoms with Crippen LogP contribution < -0.4 is 0 Å². The van der Waals surface area contributed by atoms with Gasteiger partial charge in [-0.25, -0.2) is 0 Å². The monoisotopic (exact) mass is 1980 g/mol. The topological polar surface area (TPSA) is 213 Å². The average Bonchev–Trinajstić information content (AvgIpc) is 1.56. The fourth-order valence-electron chi connectivity index (χ4n) is 46.4. The number of allylic oxidation sites excluding steroid dienone is 2. The minimum absolute atomic E-state index is 0.136. The Morgan fingerprint density at radius 2 is 0.500 bits per heavy atom. The zero-order valence-corrected chi connectivity index (χ0v) is 92.6. The van der Waals surface area contributed by atoms with Crippen molar-refractivity contribution >= 4 is 33.3 Å². The minimum Gasteiger partial charge on any atom is -0.393 e. The molecule has 49 atom stereocenters. The Kier molecular flexibility index (Phi) is 30.2. The van der Waals surface area contributed by atoms with Crippen LogP contribution in [0.4, 0.5) is 0 Å². The Hall–Kier alpha value is -1.09. The number of hydrogen-bond acceptors (Lipinski definition) is 11. The van der Waals surface area contributed by atoms with Crippen molar-refractivity contribution in [1.29, 1.82) is 0 Å². The molecule has 24 aliphatic carbocycles. The molecule has 138 heavy (non-hydrogen) atoms. The Labute approximate surface area is 849 Å². The first-order valence-electron chi connectivity index (χ1n) is 60.5. The van der Waals surface area contributed by atoms with Crippen molar-refractivity contribution in [3.63, 3.8) is 0 Å². The molecular formula is C126H207BrO11. The highest BCUT2D eigenvalue weighted by atomic mass is 79.9. The van der Waals surface area contributed by atoms with Crippen molar-refractivity contribution in [2.24, 2.45) is 240 Å². The first-order chi connectivity index (χ1) is 65.1. The van der Waals surface area contributed by atoms with Gasteiger partial charge in [-0.15, -0.1) is 0 Å². The van der Waals surface area contributed by atoms with Crippen LogP contribution in [-0.4, -0.2) is 109 Å². The third-order valence-corrected chi connectivity index (χ3v) is 53.0. The number of aliphatic hydroxyl groups excluding tert-OH is 2. The SMILES string of the molecule is CC(=O)[C@H]1CC[C@H]2[C@@H]3CC[C@@H]4C[C@@](C)(O)CC[C@@H]4[C@H]3CC[C@]12C.CC(=O)[C@H]1CC[C@H]2[C@@H]3CC[C@@H]4C[C@](C)(O)CC[C@@H]4[C@H]3CC[C@]12C.CC(O)[C@H]1CC[C@H]2[C@@H]3CC[C@@H]4C[C@@](C)(O)CC[C@@H]4[C@H]3CC[C@]12C.CC(O)[C@H]1CC[C@H]2[C@@H]3CC[C@@H]4C[C@](C)(O)CC[C@@H]4[C@H]3CC[C@]12C.CC=C1CC[C@H]2[C@@H]3CC[C@@H]4C[C@](C)(O)CC[C@@H]4[C@H]3CC[C@]12C.C[C@]1(O)CC[C@H]2[C@H](CC[C@@H]3[C@@H]2CC[C@]2(C)[C@@H](C(=O)CBr)CC[C@@H]32)C1. The summed E-state index contributed by atoms with van der Waals surface area (Å²) in [6, 6.07) is 0. The standard InChI is InChI=1S/C21H33BrO2.2C21H36O2.2C21H34O2.C21H34O/c1-20(24)9-7-14-13(11-20)3-4-16-15(14)8-10-21(2)17(16)5-6-18(21)19(23)12-22;4*1-13(22)18-6-7-19-17-5-4-14-12-20(2,23)10-8-15(14)16(17)9-11-21(18,19)3;1-4-15-6-8-19-18-7-5-14-13-20(2,22)11-9-16(14)17(18)10-12-21(15,19)3/h13-18,24H,3-12H2,1-2H3;2*13-19,22-23H,4-12H2,1-3H3;2*14-19,23H,4-12H2,1-3H3;4,14,16-19,22H,5-13H2,1-3H3/t13-,14+,15-,16-,17+,18-,20+,21+;13?,14-,15+,16-,17-,18-,19+,20+,21-;13?,14-,15+,16-,17-,18-,19+,20-,21-;14-,15+,16-,17-,18-,19+,20+,21-;14-,15+,16-,17-,18-,19+,20-,21-;14-,16+,17-,18-,19+,20-,21-/m111111/s1. The number of carbonyl (C=O) groups is 3. The van der Waals surface area contributed by atoms with Crippen molar-refractivity contribution in [3.05, 3.63) is 11.6 Å². The predicted octanol–water partition coefficient (Wildman–Crippen LogP) is 28.3. The molecule has 0 saturated heterocycles. The lowest BCUT2D eigenvalue weighted by molar-refractivity contribution is -0.130.